The van der Waals surface area contributed by atoms with E-state index in [-0.39, 0.29) is 6.04 Å². The first-order valence-corrected chi connectivity index (χ1v) is 5.17. The van der Waals surface area contributed by atoms with E-state index in [0.29, 0.717) is 11.8 Å². The SMILES string of the molecule is COc1ccnc(N2CCCC(N)C2)n1. The van der Waals surface area contributed by atoms with Crippen LogP contribution in [0.15, 0.2) is 12.3 Å². The Bertz CT molecular complexity index is 331. The molecule has 0 amide bonds. The number of piperidine rings is 1. The number of hydrogen-bond donors (Lipinski definition) is 1. The van der Waals surface area contributed by atoms with Crippen LogP contribution in [0, 0.1) is 0 Å². The zero-order valence-electron chi connectivity index (χ0n) is 8.89. The Morgan fingerprint density at radius 2 is 2.47 bits per heavy atom. The maximum atomic E-state index is 5.90. The Hall–Kier alpha value is -1.36. The van der Waals surface area contributed by atoms with Crippen molar-refractivity contribution in [3.8, 4) is 5.88 Å². The molecule has 2 N–H and O–H groups in total. The fourth-order valence-electron chi connectivity index (χ4n) is 1.79. The van der Waals surface area contributed by atoms with Crippen LogP contribution in [0.25, 0.3) is 0 Å². The van der Waals surface area contributed by atoms with Crippen molar-refractivity contribution in [1.29, 1.82) is 0 Å². The number of methoxy groups -OCH3 is 1. The molecule has 1 atom stereocenters. The number of anilines is 1. The molecule has 0 bridgehead atoms. The van der Waals surface area contributed by atoms with Gasteiger partial charge in [-0.25, -0.2) is 4.98 Å². The molecule has 0 radical (unpaired) electrons. The summed E-state index contributed by atoms with van der Waals surface area (Å²) in [6, 6.07) is 1.97. The first-order chi connectivity index (χ1) is 7.29. The molecule has 1 aliphatic rings. The lowest BCUT2D eigenvalue weighted by atomic mass is 10.1. The highest BCUT2D eigenvalue weighted by Crippen LogP contribution is 2.16. The fraction of sp³-hybridized carbons (Fsp3) is 0.600. The van der Waals surface area contributed by atoms with Crippen molar-refractivity contribution >= 4 is 5.95 Å². The summed E-state index contributed by atoms with van der Waals surface area (Å²) in [5, 5.41) is 0. The van der Waals surface area contributed by atoms with Gasteiger partial charge >= 0.3 is 0 Å². The monoisotopic (exact) mass is 208 g/mol. The molecule has 0 spiro atoms. The number of ether oxygens (including phenoxy) is 1. The van der Waals surface area contributed by atoms with Gasteiger partial charge < -0.3 is 15.4 Å². The summed E-state index contributed by atoms with van der Waals surface area (Å²) in [5.74, 6) is 1.31. The van der Waals surface area contributed by atoms with E-state index >= 15 is 0 Å². The molecule has 1 fully saturated rings. The van der Waals surface area contributed by atoms with Crippen molar-refractivity contribution in [3.63, 3.8) is 0 Å². The van der Waals surface area contributed by atoms with Gasteiger partial charge in [-0.1, -0.05) is 0 Å². The van der Waals surface area contributed by atoms with Crippen molar-refractivity contribution in [2.75, 3.05) is 25.1 Å². The van der Waals surface area contributed by atoms with Crippen LogP contribution < -0.4 is 15.4 Å². The highest BCUT2D eigenvalue weighted by molar-refractivity contribution is 5.32. The minimum atomic E-state index is 0.230. The molecule has 15 heavy (non-hydrogen) atoms. The van der Waals surface area contributed by atoms with E-state index in [1.807, 2.05) is 0 Å². The molecule has 0 aliphatic carbocycles. The van der Waals surface area contributed by atoms with Crippen LogP contribution >= 0.6 is 0 Å². The Morgan fingerprint density at radius 1 is 1.60 bits per heavy atom. The van der Waals surface area contributed by atoms with Crippen molar-refractivity contribution < 1.29 is 4.74 Å². The van der Waals surface area contributed by atoms with Crippen LogP contribution in [0.2, 0.25) is 0 Å². The summed E-state index contributed by atoms with van der Waals surface area (Å²) < 4.78 is 5.06. The molecule has 0 saturated carbocycles. The van der Waals surface area contributed by atoms with Crippen molar-refractivity contribution in [2.24, 2.45) is 5.73 Å². The van der Waals surface area contributed by atoms with E-state index < -0.39 is 0 Å². The van der Waals surface area contributed by atoms with E-state index in [2.05, 4.69) is 14.9 Å². The Kier molecular flexibility index (Phi) is 3.01. The smallest absolute Gasteiger partial charge is 0.228 e. The molecule has 1 aliphatic heterocycles. The van der Waals surface area contributed by atoms with Crippen LogP contribution in [-0.4, -0.2) is 36.2 Å². The molecule has 1 saturated heterocycles. The molecular weight excluding hydrogens is 192 g/mol. The lowest BCUT2D eigenvalue weighted by Gasteiger charge is -2.30. The third-order valence-corrected chi connectivity index (χ3v) is 2.57. The maximum absolute atomic E-state index is 5.90. The number of nitrogens with zero attached hydrogens (tertiary/aromatic N) is 3. The number of nitrogens with two attached hydrogens (primary N) is 1. The van der Waals surface area contributed by atoms with Crippen molar-refractivity contribution in [1.82, 2.24) is 9.97 Å². The zero-order chi connectivity index (χ0) is 10.7. The highest BCUT2D eigenvalue weighted by Gasteiger charge is 2.18. The van der Waals surface area contributed by atoms with Crippen molar-refractivity contribution in [3.05, 3.63) is 12.3 Å². The highest BCUT2D eigenvalue weighted by atomic mass is 16.5. The van der Waals surface area contributed by atoms with E-state index in [4.69, 9.17) is 10.5 Å². The van der Waals surface area contributed by atoms with Gasteiger partial charge in [0.1, 0.15) is 0 Å². The molecule has 2 heterocycles. The number of aromatic nitrogens is 2. The summed E-state index contributed by atoms with van der Waals surface area (Å²) >= 11 is 0. The first kappa shape index (κ1) is 10.2. The van der Waals surface area contributed by atoms with Gasteiger partial charge in [0.15, 0.2) is 0 Å². The van der Waals surface area contributed by atoms with Gasteiger partial charge in [-0.15, -0.1) is 0 Å². The van der Waals surface area contributed by atoms with Crippen LogP contribution in [0.5, 0.6) is 5.88 Å². The first-order valence-electron chi connectivity index (χ1n) is 5.17. The third-order valence-electron chi connectivity index (χ3n) is 2.57. The molecule has 1 aromatic heterocycles. The second-order valence-corrected chi connectivity index (χ2v) is 3.75. The molecule has 2 rings (SSSR count). The lowest BCUT2D eigenvalue weighted by molar-refractivity contribution is 0.395. The summed E-state index contributed by atoms with van der Waals surface area (Å²) in [7, 11) is 1.61. The average molecular weight is 208 g/mol. The van der Waals surface area contributed by atoms with Gasteiger partial charge in [-0.2, -0.15) is 4.98 Å². The van der Waals surface area contributed by atoms with Gasteiger partial charge in [0.25, 0.3) is 0 Å². The van der Waals surface area contributed by atoms with E-state index in [0.717, 1.165) is 25.9 Å². The molecule has 82 valence electrons. The minimum absolute atomic E-state index is 0.230. The normalized spacial score (nSPS) is 21.5. The summed E-state index contributed by atoms with van der Waals surface area (Å²) in [6.45, 7) is 1.80. The van der Waals surface area contributed by atoms with Crippen LogP contribution in [0.1, 0.15) is 12.8 Å². The van der Waals surface area contributed by atoms with Gasteiger partial charge in [-0.05, 0) is 12.8 Å². The fourth-order valence-corrected chi connectivity index (χ4v) is 1.79. The van der Waals surface area contributed by atoms with Crippen LogP contribution in [0.3, 0.4) is 0 Å². The maximum Gasteiger partial charge on any atom is 0.228 e. The summed E-state index contributed by atoms with van der Waals surface area (Å²) in [5.41, 5.74) is 5.90. The molecule has 0 aromatic carbocycles. The lowest BCUT2D eigenvalue weighted by Crippen LogP contribution is -2.43. The molecule has 5 heteroatoms. The summed E-state index contributed by atoms with van der Waals surface area (Å²) in [4.78, 5) is 10.6. The Morgan fingerprint density at radius 3 is 3.20 bits per heavy atom. The van der Waals surface area contributed by atoms with Gasteiger partial charge in [-0.3, -0.25) is 0 Å². The predicted molar refractivity (Wildman–Crippen MR) is 58.0 cm³/mol. The van der Waals surface area contributed by atoms with Crippen LogP contribution in [-0.2, 0) is 0 Å². The minimum Gasteiger partial charge on any atom is -0.481 e. The Balaban J connectivity index is 2.13. The van der Waals surface area contributed by atoms with Crippen LogP contribution in [0.4, 0.5) is 5.95 Å². The van der Waals surface area contributed by atoms with Gasteiger partial charge in [0.2, 0.25) is 11.8 Å². The molecule has 1 aromatic rings. The van der Waals surface area contributed by atoms with Crippen molar-refractivity contribution in [2.45, 2.75) is 18.9 Å². The number of hydrogen-bond acceptors (Lipinski definition) is 5. The zero-order valence-corrected chi connectivity index (χ0v) is 8.89. The van der Waals surface area contributed by atoms with Gasteiger partial charge in [0, 0.05) is 31.4 Å². The second kappa shape index (κ2) is 4.44. The standard InChI is InChI=1S/C10H16N4O/c1-15-9-4-5-12-10(13-9)14-6-2-3-8(11)7-14/h4-5,8H,2-3,6-7,11H2,1H3. The Labute approximate surface area is 89.3 Å². The quantitative estimate of drug-likeness (QED) is 0.762. The predicted octanol–water partition coefficient (Wildman–Crippen LogP) is 0.413. The third kappa shape index (κ3) is 2.36. The molecular formula is C10H16N4O. The largest absolute Gasteiger partial charge is 0.481 e. The van der Waals surface area contributed by atoms with Gasteiger partial charge in [0.05, 0.1) is 7.11 Å². The molecule has 5 nitrogen and oxygen atoms in total. The van der Waals surface area contributed by atoms with E-state index in [9.17, 15) is 0 Å². The number of rotatable bonds is 2. The van der Waals surface area contributed by atoms with E-state index in [1.54, 1.807) is 19.4 Å². The second-order valence-electron chi connectivity index (χ2n) is 3.75. The summed E-state index contributed by atoms with van der Waals surface area (Å²) in [6.07, 6.45) is 3.89. The topological polar surface area (TPSA) is 64.3 Å². The molecule has 1 unspecified atom stereocenters. The average Bonchev–Trinajstić information content (AvgIpc) is 2.29. The van der Waals surface area contributed by atoms with E-state index in [1.165, 1.54) is 0 Å².